The maximum Gasteiger partial charge on any atom is 0.389 e. The van der Waals surface area contributed by atoms with Gasteiger partial charge in [0.05, 0.1) is 0 Å². The molecule has 1 aromatic heterocycles. The Morgan fingerprint density at radius 1 is 1.25 bits per heavy atom. The van der Waals surface area contributed by atoms with Crippen molar-refractivity contribution in [1.29, 1.82) is 0 Å². The van der Waals surface area contributed by atoms with Gasteiger partial charge in [0.25, 0.3) is 0 Å². The lowest BCUT2D eigenvalue weighted by atomic mass is 10.2. The standard InChI is InChI=1S/C13H17ClF3N3/c1-8-10(14)19-12(9-4-5-9)20-11(8)18-7-3-2-6-13(15,16)17/h9H,2-7H2,1H3,(H,18,19,20). The average Bonchev–Trinajstić information content (AvgIpc) is 3.16. The molecule has 0 aromatic carbocycles. The van der Waals surface area contributed by atoms with Gasteiger partial charge < -0.3 is 5.32 Å². The zero-order valence-corrected chi connectivity index (χ0v) is 12.0. The SMILES string of the molecule is Cc1c(Cl)nc(C2CC2)nc1NCCCCC(F)(F)F. The van der Waals surface area contributed by atoms with Crippen molar-refractivity contribution in [3.8, 4) is 0 Å². The second-order valence-corrected chi connectivity index (χ2v) is 5.48. The van der Waals surface area contributed by atoms with Crippen molar-refractivity contribution in [3.63, 3.8) is 0 Å². The van der Waals surface area contributed by atoms with E-state index < -0.39 is 12.6 Å². The molecule has 1 fully saturated rings. The fraction of sp³-hybridized carbons (Fsp3) is 0.692. The molecule has 0 bridgehead atoms. The van der Waals surface area contributed by atoms with Crippen LogP contribution in [0.2, 0.25) is 5.15 Å². The Labute approximate surface area is 120 Å². The summed E-state index contributed by atoms with van der Waals surface area (Å²) >= 11 is 6.05. The third-order valence-electron chi connectivity index (χ3n) is 3.23. The molecule has 20 heavy (non-hydrogen) atoms. The molecule has 0 atom stereocenters. The second-order valence-electron chi connectivity index (χ2n) is 5.12. The summed E-state index contributed by atoms with van der Waals surface area (Å²) in [4.78, 5) is 8.65. The highest BCUT2D eigenvalue weighted by Gasteiger charge is 2.28. The van der Waals surface area contributed by atoms with Crippen molar-refractivity contribution in [2.75, 3.05) is 11.9 Å². The number of hydrogen-bond acceptors (Lipinski definition) is 3. The van der Waals surface area contributed by atoms with Crippen LogP contribution in [-0.2, 0) is 0 Å². The van der Waals surface area contributed by atoms with Crippen molar-refractivity contribution in [1.82, 2.24) is 9.97 Å². The van der Waals surface area contributed by atoms with E-state index in [9.17, 15) is 13.2 Å². The van der Waals surface area contributed by atoms with Crippen molar-refractivity contribution in [3.05, 3.63) is 16.5 Å². The summed E-state index contributed by atoms with van der Waals surface area (Å²) in [5, 5.41) is 3.48. The minimum Gasteiger partial charge on any atom is -0.370 e. The van der Waals surface area contributed by atoms with E-state index in [1.165, 1.54) is 0 Å². The summed E-state index contributed by atoms with van der Waals surface area (Å²) in [5.41, 5.74) is 0.742. The Hall–Kier alpha value is -1.04. The van der Waals surface area contributed by atoms with Gasteiger partial charge in [0.1, 0.15) is 16.8 Å². The molecule has 1 saturated carbocycles. The number of anilines is 1. The number of rotatable bonds is 6. The Morgan fingerprint density at radius 3 is 2.55 bits per heavy atom. The molecule has 0 amide bonds. The molecule has 1 N–H and O–H groups in total. The Bertz CT molecular complexity index is 473. The second kappa shape index (κ2) is 6.16. The molecular weight excluding hydrogens is 291 g/mol. The van der Waals surface area contributed by atoms with Gasteiger partial charge in [0.15, 0.2) is 0 Å². The first-order chi connectivity index (χ1) is 9.37. The zero-order chi connectivity index (χ0) is 14.8. The number of unbranched alkanes of at least 4 members (excludes halogenated alkanes) is 1. The van der Waals surface area contributed by atoms with Gasteiger partial charge in [-0.15, -0.1) is 0 Å². The van der Waals surface area contributed by atoms with Gasteiger partial charge in [-0.2, -0.15) is 13.2 Å². The van der Waals surface area contributed by atoms with Gasteiger partial charge in [-0.3, -0.25) is 0 Å². The first-order valence-corrected chi connectivity index (χ1v) is 7.09. The fourth-order valence-electron chi connectivity index (χ4n) is 1.86. The van der Waals surface area contributed by atoms with E-state index in [2.05, 4.69) is 15.3 Å². The zero-order valence-electron chi connectivity index (χ0n) is 11.2. The van der Waals surface area contributed by atoms with E-state index in [-0.39, 0.29) is 6.42 Å². The van der Waals surface area contributed by atoms with Crippen LogP contribution in [0.5, 0.6) is 0 Å². The molecule has 7 heteroatoms. The predicted molar refractivity (Wildman–Crippen MR) is 72.1 cm³/mol. The first-order valence-electron chi connectivity index (χ1n) is 6.71. The number of halogens is 4. The topological polar surface area (TPSA) is 37.8 Å². The van der Waals surface area contributed by atoms with Gasteiger partial charge in [0, 0.05) is 24.4 Å². The van der Waals surface area contributed by atoms with E-state index >= 15 is 0 Å². The molecule has 0 saturated heterocycles. The minimum atomic E-state index is -4.08. The smallest absolute Gasteiger partial charge is 0.370 e. The van der Waals surface area contributed by atoms with Gasteiger partial charge in [-0.1, -0.05) is 11.6 Å². The molecule has 1 heterocycles. The van der Waals surface area contributed by atoms with E-state index in [0.29, 0.717) is 29.9 Å². The number of hydrogen-bond donors (Lipinski definition) is 1. The lowest BCUT2D eigenvalue weighted by molar-refractivity contribution is -0.135. The van der Waals surface area contributed by atoms with Crippen LogP contribution < -0.4 is 5.32 Å². The summed E-state index contributed by atoms with van der Waals surface area (Å²) in [6.07, 6.45) is -2.11. The molecule has 1 aromatic rings. The van der Waals surface area contributed by atoms with E-state index in [4.69, 9.17) is 11.6 Å². The van der Waals surface area contributed by atoms with Crippen LogP contribution >= 0.6 is 11.6 Å². The average molecular weight is 308 g/mol. The number of alkyl halides is 3. The molecule has 1 aliphatic carbocycles. The molecule has 2 rings (SSSR count). The van der Waals surface area contributed by atoms with Crippen molar-refractivity contribution in [2.45, 2.75) is 51.1 Å². The summed E-state index contributed by atoms with van der Waals surface area (Å²) in [7, 11) is 0. The molecule has 1 aliphatic rings. The molecule has 0 spiro atoms. The Balaban J connectivity index is 1.86. The highest BCUT2D eigenvalue weighted by Crippen LogP contribution is 2.39. The highest BCUT2D eigenvalue weighted by atomic mass is 35.5. The third kappa shape index (κ3) is 4.51. The van der Waals surface area contributed by atoms with Crippen LogP contribution in [-0.4, -0.2) is 22.7 Å². The summed E-state index contributed by atoms with van der Waals surface area (Å²) in [5.74, 6) is 1.76. The lowest BCUT2D eigenvalue weighted by Gasteiger charge is -2.11. The van der Waals surface area contributed by atoms with Gasteiger partial charge >= 0.3 is 6.18 Å². The number of nitrogens with one attached hydrogen (secondary N) is 1. The van der Waals surface area contributed by atoms with Crippen LogP contribution in [0.4, 0.5) is 19.0 Å². The van der Waals surface area contributed by atoms with Crippen molar-refractivity contribution in [2.24, 2.45) is 0 Å². The largest absolute Gasteiger partial charge is 0.389 e. The number of nitrogens with zero attached hydrogens (tertiary/aromatic N) is 2. The Kier molecular flexibility index (Phi) is 4.73. The summed E-state index contributed by atoms with van der Waals surface area (Å²) < 4.78 is 36.0. The molecule has 112 valence electrons. The normalized spacial score (nSPS) is 15.4. The number of aromatic nitrogens is 2. The molecule has 0 unspecified atom stereocenters. The summed E-state index contributed by atoms with van der Waals surface area (Å²) in [6, 6.07) is 0. The maximum absolute atomic E-state index is 12.0. The van der Waals surface area contributed by atoms with E-state index in [1.807, 2.05) is 0 Å². The lowest BCUT2D eigenvalue weighted by Crippen LogP contribution is -2.11. The van der Waals surface area contributed by atoms with Crippen LogP contribution in [0, 0.1) is 6.92 Å². The maximum atomic E-state index is 12.0. The monoisotopic (exact) mass is 307 g/mol. The third-order valence-corrected chi connectivity index (χ3v) is 3.59. The van der Waals surface area contributed by atoms with E-state index in [0.717, 1.165) is 24.2 Å². The van der Waals surface area contributed by atoms with Crippen molar-refractivity contribution < 1.29 is 13.2 Å². The van der Waals surface area contributed by atoms with Gasteiger partial charge in [0.2, 0.25) is 0 Å². The van der Waals surface area contributed by atoms with Crippen LogP contribution in [0.3, 0.4) is 0 Å². The van der Waals surface area contributed by atoms with Gasteiger partial charge in [-0.25, -0.2) is 9.97 Å². The van der Waals surface area contributed by atoms with Crippen LogP contribution in [0.1, 0.15) is 49.4 Å². The van der Waals surface area contributed by atoms with Crippen LogP contribution in [0.25, 0.3) is 0 Å². The predicted octanol–water partition coefficient (Wildman–Crippen LogP) is 4.46. The van der Waals surface area contributed by atoms with Crippen molar-refractivity contribution >= 4 is 17.4 Å². The Morgan fingerprint density at radius 2 is 1.95 bits per heavy atom. The molecular formula is C13H17ClF3N3. The summed E-state index contributed by atoms with van der Waals surface area (Å²) in [6.45, 7) is 2.26. The fourth-order valence-corrected chi connectivity index (χ4v) is 2.04. The molecule has 0 radical (unpaired) electrons. The molecule has 3 nitrogen and oxygen atoms in total. The van der Waals surface area contributed by atoms with E-state index in [1.54, 1.807) is 6.92 Å². The first kappa shape index (κ1) is 15.4. The molecule has 0 aliphatic heterocycles. The van der Waals surface area contributed by atoms with Crippen LogP contribution in [0.15, 0.2) is 0 Å². The minimum absolute atomic E-state index is 0.115. The highest BCUT2D eigenvalue weighted by molar-refractivity contribution is 6.30. The van der Waals surface area contributed by atoms with Gasteiger partial charge in [-0.05, 0) is 32.6 Å². The quantitative estimate of drug-likeness (QED) is 0.623.